The van der Waals surface area contributed by atoms with Crippen LogP contribution in [0.5, 0.6) is 0 Å². The van der Waals surface area contributed by atoms with E-state index in [2.05, 4.69) is 57.1 Å². The summed E-state index contributed by atoms with van der Waals surface area (Å²) in [5, 5.41) is 2.13. The number of benzene rings is 1. The molecule has 3 rings (SSSR count). The highest BCUT2D eigenvalue weighted by molar-refractivity contribution is 9.10. The lowest BCUT2D eigenvalue weighted by molar-refractivity contribution is 0.322. The third-order valence-electron chi connectivity index (χ3n) is 4.26. The van der Waals surface area contributed by atoms with Gasteiger partial charge >= 0.3 is 0 Å². The minimum absolute atomic E-state index is 0.346. The third-order valence-corrected chi connectivity index (χ3v) is 6.21. The highest BCUT2D eigenvalue weighted by Crippen LogP contribution is 2.31. The summed E-state index contributed by atoms with van der Waals surface area (Å²) < 4.78 is 1.21. The topological polar surface area (TPSA) is 38.0 Å². The van der Waals surface area contributed by atoms with Gasteiger partial charge in [-0.3, -0.25) is 11.3 Å². The first kappa shape index (κ1) is 14.3. The predicted molar refractivity (Wildman–Crippen MR) is 88.8 cm³/mol. The van der Waals surface area contributed by atoms with Gasteiger partial charge in [0, 0.05) is 15.4 Å². The van der Waals surface area contributed by atoms with Crippen LogP contribution in [0.3, 0.4) is 0 Å². The van der Waals surface area contributed by atoms with Crippen molar-refractivity contribution < 1.29 is 0 Å². The Morgan fingerprint density at radius 3 is 2.80 bits per heavy atom. The van der Waals surface area contributed by atoms with Crippen LogP contribution in [0.4, 0.5) is 0 Å². The van der Waals surface area contributed by atoms with Crippen LogP contribution in [0.25, 0.3) is 0 Å². The maximum atomic E-state index is 5.83. The summed E-state index contributed by atoms with van der Waals surface area (Å²) >= 11 is 5.42. The van der Waals surface area contributed by atoms with Gasteiger partial charge in [0.15, 0.2) is 0 Å². The molecule has 2 unspecified atom stereocenters. The zero-order valence-electron chi connectivity index (χ0n) is 11.3. The molecule has 106 valence electrons. The number of fused-ring (bicyclic) bond motifs is 1. The first-order valence-electron chi connectivity index (χ1n) is 7.02. The number of aryl methyl sites for hydroxylation is 1. The van der Waals surface area contributed by atoms with E-state index in [1.807, 2.05) is 0 Å². The molecule has 0 amide bonds. The number of nitrogens with one attached hydrogen (secondary N) is 1. The van der Waals surface area contributed by atoms with E-state index in [-0.39, 0.29) is 0 Å². The Morgan fingerprint density at radius 1 is 1.30 bits per heavy atom. The summed E-state index contributed by atoms with van der Waals surface area (Å²) in [6, 6.07) is 11.3. The molecule has 20 heavy (non-hydrogen) atoms. The SMILES string of the molecule is NNC(Cc1sccc1Br)C1CCc2ccccc2C1. The van der Waals surface area contributed by atoms with Gasteiger partial charge in [-0.2, -0.15) is 0 Å². The largest absolute Gasteiger partial charge is 0.271 e. The second-order valence-corrected chi connectivity index (χ2v) is 7.30. The fourth-order valence-corrected chi connectivity index (χ4v) is 4.68. The Hall–Kier alpha value is -0.680. The molecule has 0 radical (unpaired) electrons. The molecule has 3 N–H and O–H groups in total. The molecular weight excluding hydrogens is 332 g/mol. The molecule has 4 heteroatoms. The van der Waals surface area contributed by atoms with Crippen molar-refractivity contribution in [2.45, 2.75) is 31.7 Å². The number of hydrogen-bond acceptors (Lipinski definition) is 3. The second kappa shape index (κ2) is 6.39. The summed E-state index contributed by atoms with van der Waals surface area (Å²) in [7, 11) is 0. The fraction of sp³-hybridized carbons (Fsp3) is 0.375. The molecule has 1 aromatic carbocycles. The molecular formula is C16H19BrN2S. The highest BCUT2D eigenvalue weighted by Gasteiger charge is 2.26. The summed E-state index contributed by atoms with van der Waals surface area (Å²) in [5.41, 5.74) is 6.06. The molecule has 2 nitrogen and oxygen atoms in total. The minimum Gasteiger partial charge on any atom is -0.271 e. The first-order chi connectivity index (χ1) is 9.78. The van der Waals surface area contributed by atoms with E-state index >= 15 is 0 Å². The maximum absolute atomic E-state index is 5.83. The number of nitrogens with two attached hydrogens (primary N) is 1. The number of hydrazine groups is 1. The van der Waals surface area contributed by atoms with Gasteiger partial charge in [-0.1, -0.05) is 24.3 Å². The Bertz CT molecular complexity index is 581. The van der Waals surface area contributed by atoms with Crippen LogP contribution in [-0.2, 0) is 19.3 Å². The number of rotatable bonds is 4. The molecule has 0 saturated carbocycles. The summed E-state index contributed by atoms with van der Waals surface area (Å²) in [5.74, 6) is 6.44. The second-order valence-electron chi connectivity index (χ2n) is 5.44. The van der Waals surface area contributed by atoms with Crippen molar-refractivity contribution in [3.63, 3.8) is 0 Å². The zero-order chi connectivity index (χ0) is 13.9. The van der Waals surface area contributed by atoms with Gasteiger partial charge in [0.05, 0.1) is 0 Å². The van der Waals surface area contributed by atoms with Crippen LogP contribution in [0.1, 0.15) is 22.4 Å². The molecule has 1 aliphatic carbocycles. The highest BCUT2D eigenvalue weighted by atomic mass is 79.9. The van der Waals surface area contributed by atoms with Gasteiger partial charge in [-0.15, -0.1) is 11.3 Å². The van der Waals surface area contributed by atoms with Gasteiger partial charge in [-0.05, 0) is 70.1 Å². The number of halogens is 1. The van der Waals surface area contributed by atoms with E-state index in [4.69, 9.17) is 5.84 Å². The normalized spacial score (nSPS) is 19.6. The maximum Gasteiger partial charge on any atom is 0.0314 e. The fourth-order valence-electron chi connectivity index (χ4n) is 3.10. The molecule has 1 heterocycles. The van der Waals surface area contributed by atoms with Crippen LogP contribution in [0, 0.1) is 5.92 Å². The predicted octanol–water partition coefficient (Wildman–Crippen LogP) is 3.69. The molecule has 2 aromatic rings. The standard InChI is InChI=1S/C16H19BrN2S/c17-14-7-8-20-16(14)10-15(19-18)13-6-5-11-3-1-2-4-12(11)9-13/h1-4,7-8,13,15,19H,5-6,9-10,18H2. The quantitative estimate of drug-likeness (QED) is 0.651. The van der Waals surface area contributed by atoms with Gasteiger partial charge in [0.1, 0.15) is 0 Å². The number of hydrogen-bond donors (Lipinski definition) is 2. The monoisotopic (exact) mass is 350 g/mol. The van der Waals surface area contributed by atoms with Crippen LogP contribution in [-0.4, -0.2) is 6.04 Å². The lowest BCUT2D eigenvalue weighted by Crippen LogP contribution is -2.44. The van der Waals surface area contributed by atoms with E-state index in [9.17, 15) is 0 Å². The van der Waals surface area contributed by atoms with Crippen molar-refractivity contribution in [1.29, 1.82) is 0 Å². The van der Waals surface area contributed by atoms with E-state index in [0.717, 1.165) is 12.8 Å². The van der Waals surface area contributed by atoms with E-state index < -0.39 is 0 Å². The van der Waals surface area contributed by atoms with Crippen molar-refractivity contribution in [2.75, 3.05) is 0 Å². The van der Waals surface area contributed by atoms with E-state index in [1.165, 1.54) is 33.3 Å². The average Bonchev–Trinajstić information content (AvgIpc) is 2.89. The molecule has 1 aromatic heterocycles. The van der Waals surface area contributed by atoms with Gasteiger partial charge in [-0.25, -0.2) is 0 Å². The lowest BCUT2D eigenvalue weighted by Gasteiger charge is -2.31. The van der Waals surface area contributed by atoms with Crippen LogP contribution in [0.2, 0.25) is 0 Å². The van der Waals surface area contributed by atoms with Crippen molar-refractivity contribution in [3.8, 4) is 0 Å². The van der Waals surface area contributed by atoms with Crippen molar-refractivity contribution in [1.82, 2.24) is 5.43 Å². The van der Waals surface area contributed by atoms with E-state index in [0.29, 0.717) is 12.0 Å². The summed E-state index contributed by atoms with van der Waals surface area (Å²) in [6.45, 7) is 0. The first-order valence-corrected chi connectivity index (χ1v) is 8.70. The van der Waals surface area contributed by atoms with Gasteiger partial charge < -0.3 is 0 Å². The molecule has 0 spiro atoms. The van der Waals surface area contributed by atoms with Crippen molar-refractivity contribution in [3.05, 3.63) is 56.2 Å². The molecule has 0 bridgehead atoms. The minimum atomic E-state index is 0.346. The summed E-state index contributed by atoms with van der Waals surface area (Å²) in [4.78, 5) is 1.38. The Morgan fingerprint density at radius 2 is 2.10 bits per heavy atom. The van der Waals surface area contributed by atoms with Crippen molar-refractivity contribution in [2.24, 2.45) is 11.8 Å². The molecule has 0 aliphatic heterocycles. The Labute approximate surface area is 132 Å². The van der Waals surface area contributed by atoms with Crippen LogP contribution in [0.15, 0.2) is 40.2 Å². The lowest BCUT2D eigenvalue weighted by atomic mass is 9.79. The van der Waals surface area contributed by atoms with Gasteiger partial charge in [0.25, 0.3) is 0 Å². The van der Waals surface area contributed by atoms with Crippen LogP contribution >= 0.6 is 27.3 Å². The Balaban J connectivity index is 1.73. The molecule has 0 fully saturated rings. The van der Waals surface area contributed by atoms with Crippen LogP contribution < -0.4 is 11.3 Å². The summed E-state index contributed by atoms with van der Waals surface area (Å²) in [6.07, 6.45) is 4.52. The molecule has 0 saturated heterocycles. The molecule has 1 aliphatic rings. The molecule has 2 atom stereocenters. The average molecular weight is 351 g/mol. The zero-order valence-corrected chi connectivity index (χ0v) is 13.7. The van der Waals surface area contributed by atoms with E-state index in [1.54, 1.807) is 11.3 Å². The Kier molecular flexibility index (Phi) is 4.56. The van der Waals surface area contributed by atoms with Crippen molar-refractivity contribution >= 4 is 27.3 Å². The third kappa shape index (κ3) is 2.98. The van der Waals surface area contributed by atoms with Gasteiger partial charge in [0.2, 0.25) is 0 Å². The number of thiophene rings is 1. The smallest absolute Gasteiger partial charge is 0.0314 e.